The van der Waals surface area contributed by atoms with Crippen LogP contribution in [-0.2, 0) is 16.1 Å². The molecule has 4 nitrogen and oxygen atoms in total. The van der Waals surface area contributed by atoms with E-state index in [-0.39, 0.29) is 11.9 Å². The molecule has 1 fully saturated rings. The van der Waals surface area contributed by atoms with Gasteiger partial charge in [-0.15, -0.1) is 0 Å². The molecule has 1 heterocycles. The van der Waals surface area contributed by atoms with Gasteiger partial charge in [-0.1, -0.05) is 24.3 Å². The number of hydrogen-bond donors (Lipinski definition) is 2. The summed E-state index contributed by atoms with van der Waals surface area (Å²) in [6.45, 7) is 4.68. The molecule has 1 aliphatic rings. The zero-order chi connectivity index (χ0) is 13.5. The summed E-state index contributed by atoms with van der Waals surface area (Å²) in [7, 11) is 0. The number of benzene rings is 1. The maximum atomic E-state index is 11.8. The lowest BCUT2D eigenvalue weighted by atomic mass is 10.1. The maximum Gasteiger partial charge on any atom is 0.234 e. The second-order valence-corrected chi connectivity index (χ2v) is 4.98. The van der Waals surface area contributed by atoms with Crippen LogP contribution in [0.4, 0.5) is 0 Å². The van der Waals surface area contributed by atoms with Gasteiger partial charge in [-0.25, -0.2) is 0 Å². The number of ether oxygens (including phenoxy) is 1. The molecular weight excluding hydrogens is 240 g/mol. The van der Waals surface area contributed by atoms with Crippen LogP contribution in [-0.4, -0.2) is 31.7 Å². The van der Waals surface area contributed by atoms with Crippen LogP contribution < -0.4 is 10.6 Å². The second kappa shape index (κ2) is 7.26. The van der Waals surface area contributed by atoms with E-state index in [0.29, 0.717) is 6.54 Å². The molecule has 1 aliphatic heterocycles. The molecule has 1 amide bonds. The van der Waals surface area contributed by atoms with Crippen molar-refractivity contribution in [3.63, 3.8) is 0 Å². The van der Waals surface area contributed by atoms with Crippen LogP contribution in [0.25, 0.3) is 0 Å². The van der Waals surface area contributed by atoms with E-state index in [2.05, 4.69) is 29.7 Å². The smallest absolute Gasteiger partial charge is 0.234 e. The predicted molar refractivity (Wildman–Crippen MR) is 74.9 cm³/mol. The van der Waals surface area contributed by atoms with E-state index < -0.39 is 0 Å². The number of rotatable bonds is 5. The second-order valence-electron chi connectivity index (χ2n) is 4.98. The summed E-state index contributed by atoms with van der Waals surface area (Å²) in [6.07, 6.45) is 1.84. The van der Waals surface area contributed by atoms with Gasteiger partial charge in [-0.05, 0) is 30.9 Å². The van der Waals surface area contributed by atoms with Crippen LogP contribution in [0.15, 0.2) is 24.3 Å². The van der Waals surface area contributed by atoms with E-state index in [1.807, 2.05) is 12.1 Å². The van der Waals surface area contributed by atoms with Crippen LogP contribution in [0.1, 0.15) is 24.0 Å². The summed E-state index contributed by atoms with van der Waals surface area (Å²) >= 11 is 0. The number of nitrogens with one attached hydrogen (secondary N) is 2. The van der Waals surface area contributed by atoms with Gasteiger partial charge in [0.2, 0.25) is 5.91 Å². The van der Waals surface area contributed by atoms with Crippen LogP contribution in [0, 0.1) is 6.92 Å². The van der Waals surface area contributed by atoms with Gasteiger partial charge >= 0.3 is 0 Å². The molecule has 2 N–H and O–H groups in total. The Balaban J connectivity index is 1.67. The van der Waals surface area contributed by atoms with Crippen LogP contribution in [0.3, 0.4) is 0 Å². The summed E-state index contributed by atoms with van der Waals surface area (Å²) < 4.78 is 5.27. The molecule has 1 saturated heterocycles. The topological polar surface area (TPSA) is 50.4 Å². The third-order valence-electron chi connectivity index (χ3n) is 3.45. The van der Waals surface area contributed by atoms with Gasteiger partial charge < -0.3 is 15.4 Å². The Morgan fingerprint density at radius 3 is 2.79 bits per heavy atom. The fraction of sp³-hybridized carbons (Fsp3) is 0.533. The zero-order valence-corrected chi connectivity index (χ0v) is 11.4. The molecule has 19 heavy (non-hydrogen) atoms. The zero-order valence-electron chi connectivity index (χ0n) is 11.4. The molecule has 2 rings (SSSR count). The summed E-state index contributed by atoms with van der Waals surface area (Å²) in [5.74, 6) is 0.0699. The third kappa shape index (κ3) is 4.65. The largest absolute Gasteiger partial charge is 0.381 e. The maximum absolute atomic E-state index is 11.8. The first kappa shape index (κ1) is 14.0. The van der Waals surface area contributed by atoms with Crippen molar-refractivity contribution in [1.29, 1.82) is 0 Å². The van der Waals surface area contributed by atoms with Crippen molar-refractivity contribution in [2.24, 2.45) is 0 Å². The van der Waals surface area contributed by atoms with Gasteiger partial charge in [0.15, 0.2) is 0 Å². The highest BCUT2D eigenvalue weighted by molar-refractivity contribution is 5.78. The molecule has 104 valence electrons. The van der Waals surface area contributed by atoms with Crippen molar-refractivity contribution in [1.82, 2.24) is 10.6 Å². The first-order valence-corrected chi connectivity index (χ1v) is 6.88. The van der Waals surface area contributed by atoms with E-state index in [9.17, 15) is 4.79 Å². The molecule has 0 atom stereocenters. The molecule has 0 saturated carbocycles. The minimum Gasteiger partial charge on any atom is -0.381 e. The van der Waals surface area contributed by atoms with Crippen molar-refractivity contribution in [3.8, 4) is 0 Å². The van der Waals surface area contributed by atoms with Crippen molar-refractivity contribution in [2.75, 3.05) is 19.8 Å². The Hall–Kier alpha value is -1.39. The lowest BCUT2D eigenvalue weighted by molar-refractivity contribution is -0.121. The summed E-state index contributed by atoms with van der Waals surface area (Å²) in [5, 5.41) is 6.23. The molecule has 0 aliphatic carbocycles. The molecule has 1 aromatic carbocycles. The lowest BCUT2D eigenvalue weighted by Gasteiger charge is -2.23. The van der Waals surface area contributed by atoms with Gasteiger partial charge in [-0.2, -0.15) is 0 Å². The Labute approximate surface area is 114 Å². The molecule has 0 aromatic heterocycles. The van der Waals surface area contributed by atoms with E-state index in [4.69, 9.17) is 4.74 Å². The summed E-state index contributed by atoms with van der Waals surface area (Å²) in [5.41, 5.74) is 2.49. The highest BCUT2D eigenvalue weighted by atomic mass is 16.5. The number of aryl methyl sites for hydroxylation is 1. The highest BCUT2D eigenvalue weighted by Crippen LogP contribution is 2.07. The third-order valence-corrected chi connectivity index (χ3v) is 3.45. The molecule has 1 aromatic rings. The van der Waals surface area contributed by atoms with E-state index in [1.165, 1.54) is 11.1 Å². The van der Waals surface area contributed by atoms with E-state index in [0.717, 1.165) is 32.6 Å². The van der Waals surface area contributed by atoms with E-state index in [1.54, 1.807) is 0 Å². The minimum absolute atomic E-state index is 0.0699. The average Bonchev–Trinajstić information content (AvgIpc) is 2.42. The molecule has 0 spiro atoms. The average molecular weight is 262 g/mol. The highest BCUT2D eigenvalue weighted by Gasteiger charge is 2.15. The molecule has 0 radical (unpaired) electrons. The number of carbonyl (C=O) groups is 1. The van der Waals surface area contributed by atoms with Crippen LogP contribution in [0.2, 0.25) is 0 Å². The number of amides is 1. The monoisotopic (exact) mass is 262 g/mol. The first-order chi connectivity index (χ1) is 9.25. The fourth-order valence-corrected chi connectivity index (χ4v) is 2.24. The standard InChI is InChI=1S/C15H22N2O2/c1-12-4-2-3-5-13(12)10-16-11-15(18)17-14-6-8-19-9-7-14/h2-5,14,16H,6-11H2,1H3,(H,17,18). The fourth-order valence-electron chi connectivity index (χ4n) is 2.24. The Morgan fingerprint density at radius 2 is 2.05 bits per heavy atom. The van der Waals surface area contributed by atoms with Gasteiger partial charge in [0.1, 0.15) is 0 Å². The first-order valence-electron chi connectivity index (χ1n) is 6.88. The predicted octanol–water partition coefficient (Wildman–Crippen LogP) is 1.38. The molecule has 4 heteroatoms. The SMILES string of the molecule is Cc1ccccc1CNCC(=O)NC1CCOCC1. The van der Waals surface area contributed by atoms with Gasteiger partial charge in [0.05, 0.1) is 6.54 Å². The summed E-state index contributed by atoms with van der Waals surface area (Å²) in [6, 6.07) is 8.49. The van der Waals surface area contributed by atoms with Crippen molar-refractivity contribution < 1.29 is 9.53 Å². The molecule has 0 unspecified atom stereocenters. The summed E-state index contributed by atoms with van der Waals surface area (Å²) in [4.78, 5) is 11.8. The minimum atomic E-state index is 0.0699. The van der Waals surface area contributed by atoms with Gasteiger partial charge in [0, 0.05) is 25.8 Å². The molecular formula is C15H22N2O2. The van der Waals surface area contributed by atoms with Gasteiger partial charge in [-0.3, -0.25) is 4.79 Å². The Kier molecular flexibility index (Phi) is 5.36. The number of carbonyl (C=O) groups excluding carboxylic acids is 1. The Morgan fingerprint density at radius 1 is 1.32 bits per heavy atom. The molecule has 0 bridgehead atoms. The van der Waals surface area contributed by atoms with Crippen molar-refractivity contribution >= 4 is 5.91 Å². The van der Waals surface area contributed by atoms with Crippen molar-refractivity contribution in [3.05, 3.63) is 35.4 Å². The van der Waals surface area contributed by atoms with E-state index >= 15 is 0 Å². The normalized spacial score (nSPS) is 16.3. The van der Waals surface area contributed by atoms with Crippen LogP contribution >= 0.6 is 0 Å². The number of hydrogen-bond acceptors (Lipinski definition) is 3. The Bertz CT molecular complexity index is 414. The lowest BCUT2D eigenvalue weighted by Crippen LogP contribution is -2.42. The van der Waals surface area contributed by atoms with Crippen LogP contribution in [0.5, 0.6) is 0 Å². The van der Waals surface area contributed by atoms with Gasteiger partial charge in [0.25, 0.3) is 0 Å². The quantitative estimate of drug-likeness (QED) is 0.843. The van der Waals surface area contributed by atoms with Crippen molar-refractivity contribution in [2.45, 2.75) is 32.4 Å².